The van der Waals surface area contributed by atoms with Crippen LogP contribution in [0.3, 0.4) is 0 Å². The van der Waals surface area contributed by atoms with Crippen LogP contribution in [0.25, 0.3) is 0 Å². The second kappa shape index (κ2) is 10.1. The van der Waals surface area contributed by atoms with Crippen molar-refractivity contribution in [3.05, 3.63) is 63.9 Å². The lowest BCUT2D eigenvalue weighted by atomic mass is 10.1. The van der Waals surface area contributed by atoms with E-state index in [1.54, 1.807) is 18.2 Å². The molecule has 0 saturated heterocycles. The van der Waals surface area contributed by atoms with Gasteiger partial charge in [-0.15, -0.1) is 0 Å². The summed E-state index contributed by atoms with van der Waals surface area (Å²) >= 11 is 0. The van der Waals surface area contributed by atoms with Crippen LogP contribution >= 0.6 is 0 Å². The summed E-state index contributed by atoms with van der Waals surface area (Å²) in [6.07, 6.45) is 5.98. The number of nitro groups is 1. The van der Waals surface area contributed by atoms with Gasteiger partial charge in [0.25, 0.3) is 5.69 Å². The average Bonchev–Trinajstić information content (AvgIpc) is 2.66. The van der Waals surface area contributed by atoms with Crippen LogP contribution in [0.2, 0.25) is 0 Å². The van der Waals surface area contributed by atoms with Crippen LogP contribution in [0.4, 0.5) is 5.69 Å². The number of esters is 1. The molecule has 1 aliphatic carbocycles. The molecule has 1 aromatic rings. The molecule has 2 rings (SSSR count). The number of hydrogen-bond donors (Lipinski definition) is 0. The third-order valence-corrected chi connectivity index (χ3v) is 3.50. The number of aliphatic imine (C=N–C) groups is 1. The largest absolute Gasteiger partial charge is 0.486 e. The number of nitro benzene ring substituents is 1. The molecule has 1 aliphatic rings. The maximum Gasteiger partial charge on any atom is 0.343 e. The lowest BCUT2D eigenvalue weighted by Gasteiger charge is -2.12. The summed E-state index contributed by atoms with van der Waals surface area (Å²) in [5.41, 5.74) is 1.76. The maximum atomic E-state index is 11.1. The Bertz CT molecular complexity index is 722. The molecular weight excluding hydrogens is 340 g/mol. The minimum atomic E-state index is -0.434. The third-order valence-electron chi connectivity index (χ3n) is 3.50. The number of benzene rings is 1. The van der Waals surface area contributed by atoms with Gasteiger partial charge in [-0.05, 0) is 29.8 Å². The van der Waals surface area contributed by atoms with Gasteiger partial charge in [0.2, 0.25) is 0 Å². The number of nitrogens with zero attached hydrogens (tertiary/aromatic N) is 2. The molecule has 0 bridgehead atoms. The van der Waals surface area contributed by atoms with Crippen LogP contribution in [0.15, 0.2) is 53.2 Å². The van der Waals surface area contributed by atoms with E-state index in [9.17, 15) is 14.9 Å². The molecule has 0 saturated carbocycles. The molecule has 1 aromatic carbocycles. The Labute approximate surface area is 150 Å². The average molecular weight is 360 g/mol. The Morgan fingerprint density at radius 3 is 2.77 bits per heavy atom. The first kappa shape index (κ1) is 19.3. The van der Waals surface area contributed by atoms with E-state index in [2.05, 4.69) is 9.73 Å². The van der Waals surface area contributed by atoms with Gasteiger partial charge in [-0.3, -0.25) is 15.1 Å². The van der Waals surface area contributed by atoms with Gasteiger partial charge in [0.05, 0.1) is 31.8 Å². The number of non-ortho nitro benzene ring substituents is 1. The minimum Gasteiger partial charge on any atom is -0.486 e. The van der Waals surface area contributed by atoms with Crippen molar-refractivity contribution in [1.29, 1.82) is 0 Å². The van der Waals surface area contributed by atoms with Gasteiger partial charge in [0.1, 0.15) is 5.76 Å². The molecular formula is C18H20N2O6. The normalized spacial score (nSPS) is 14.8. The monoisotopic (exact) mass is 360 g/mol. The van der Waals surface area contributed by atoms with Gasteiger partial charge in [-0.1, -0.05) is 6.08 Å². The van der Waals surface area contributed by atoms with Crippen LogP contribution in [0.1, 0.15) is 12.0 Å². The van der Waals surface area contributed by atoms with Gasteiger partial charge < -0.3 is 14.2 Å². The highest BCUT2D eigenvalue weighted by atomic mass is 16.6. The molecule has 0 unspecified atom stereocenters. The highest BCUT2D eigenvalue weighted by Gasteiger charge is 2.09. The van der Waals surface area contributed by atoms with E-state index in [4.69, 9.17) is 9.47 Å². The number of hydrogen-bond acceptors (Lipinski definition) is 7. The molecule has 26 heavy (non-hydrogen) atoms. The summed E-state index contributed by atoms with van der Waals surface area (Å²) < 4.78 is 15.4. The van der Waals surface area contributed by atoms with Crippen molar-refractivity contribution >= 4 is 17.4 Å². The second-order valence-electron chi connectivity index (χ2n) is 5.38. The van der Waals surface area contributed by atoms with E-state index in [1.807, 2.05) is 12.2 Å². The van der Waals surface area contributed by atoms with Crippen molar-refractivity contribution in [2.24, 2.45) is 4.99 Å². The first-order valence-electron chi connectivity index (χ1n) is 7.99. The Balaban J connectivity index is 1.68. The van der Waals surface area contributed by atoms with Crippen LogP contribution in [0, 0.1) is 10.1 Å². The molecule has 0 N–H and O–H groups in total. The zero-order chi connectivity index (χ0) is 18.8. The summed E-state index contributed by atoms with van der Waals surface area (Å²) in [7, 11) is 1.31. The van der Waals surface area contributed by atoms with Crippen molar-refractivity contribution in [1.82, 2.24) is 0 Å². The fraction of sp³-hybridized carbons (Fsp3) is 0.333. The highest BCUT2D eigenvalue weighted by molar-refractivity contribution is 5.97. The first-order chi connectivity index (χ1) is 12.6. The van der Waals surface area contributed by atoms with E-state index in [0.717, 1.165) is 11.3 Å². The molecule has 0 aliphatic heterocycles. The smallest absolute Gasteiger partial charge is 0.343 e. The third kappa shape index (κ3) is 6.48. The Hall–Kier alpha value is -3.00. The van der Waals surface area contributed by atoms with Crippen LogP contribution in [-0.2, 0) is 25.6 Å². The zero-order valence-corrected chi connectivity index (χ0v) is 14.4. The number of methoxy groups -OCH3 is 1. The SMILES string of the molecule is COC(=O)COC1=CC=CC(=NCCOCc2ccc([N+](=O)[O-])cc2)C1. The predicted molar refractivity (Wildman–Crippen MR) is 94.9 cm³/mol. The van der Waals surface area contributed by atoms with Gasteiger partial charge >= 0.3 is 5.97 Å². The van der Waals surface area contributed by atoms with Crippen LogP contribution < -0.4 is 0 Å². The van der Waals surface area contributed by atoms with Gasteiger partial charge in [0.15, 0.2) is 6.61 Å². The van der Waals surface area contributed by atoms with Crippen molar-refractivity contribution in [2.75, 3.05) is 26.9 Å². The molecule has 8 heteroatoms. The molecule has 0 radical (unpaired) electrons. The summed E-state index contributed by atoms with van der Waals surface area (Å²) in [6, 6.07) is 6.25. The van der Waals surface area contributed by atoms with Gasteiger partial charge in [-0.25, -0.2) is 4.79 Å². The van der Waals surface area contributed by atoms with E-state index in [-0.39, 0.29) is 12.3 Å². The van der Waals surface area contributed by atoms with Crippen molar-refractivity contribution in [3.63, 3.8) is 0 Å². The Kier molecular flexibility index (Phi) is 7.50. The van der Waals surface area contributed by atoms with Crippen LogP contribution in [-0.4, -0.2) is 43.5 Å². The van der Waals surface area contributed by atoms with Gasteiger partial charge in [-0.2, -0.15) is 0 Å². The van der Waals surface area contributed by atoms with E-state index in [0.29, 0.717) is 31.9 Å². The second-order valence-corrected chi connectivity index (χ2v) is 5.38. The predicted octanol–water partition coefficient (Wildman–Crippen LogP) is 2.59. The summed E-state index contributed by atoms with van der Waals surface area (Å²) in [4.78, 5) is 25.7. The molecule has 0 amide bonds. The maximum absolute atomic E-state index is 11.1. The molecule has 8 nitrogen and oxygen atoms in total. The molecule has 0 heterocycles. The number of ether oxygens (including phenoxy) is 3. The van der Waals surface area contributed by atoms with E-state index in [1.165, 1.54) is 19.2 Å². The summed E-state index contributed by atoms with van der Waals surface area (Å²) in [5, 5.41) is 10.6. The standard InChI is InChI=1S/C18H20N2O6/c1-24-18(21)13-26-17-4-2-3-15(11-17)19-9-10-25-12-14-5-7-16(8-6-14)20(22)23/h2-8H,9-13H2,1H3. The quantitative estimate of drug-likeness (QED) is 0.290. The van der Waals surface area contributed by atoms with Gasteiger partial charge in [0, 0.05) is 24.3 Å². The van der Waals surface area contributed by atoms with Crippen LogP contribution in [0.5, 0.6) is 0 Å². The summed E-state index contributed by atoms with van der Waals surface area (Å²) in [5.74, 6) is 0.224. The lowest BCUT2D eigenvalue weighted by molar-refractivity contribution is -0.384. The molecule has 0 fully saturated rings. The molecule has 0 atom stereocenters. The zero-order valence-electron chi connectivity index (χ0n) is 14.4. The fourth-order valence-electron chi connectivity index (χ4n) is 2.14. The van der Waals surface area contributed by atoms with E-state index >= 15 is 0 Å². The fourth-order valence-corrected chi connectivity index (χ4v) is 2.14. The number of rotatable bonds is 9. The summed E-state index contributed by atoms with van der Waals surface area (Å²) in [6.45, 7) is 1.15. The number of carbonyl (C=O) groups is 1. The topological polar surface area (TPSA) is 100 Å². The minimum absolute atomic E-state index is 0.0579. The van der Waals surface area contributed by atoms with Crippen molar-refractivity contribution in [2.45, 2.75) is 13.0 Å². The Morgan fingerprint density at radius 2 is 2.08 bits per heavy atom. The first-order valence-corrected chi connectivity index (χ1v) is 7.99. The number of carbonyl (C=O) groups excluding carboxylic acids is 1. The van der Waals surface area contributed by atoms with Crippen molar-refractivity contribution in [3.8, 4) is 0 Å². The molecule has 0 spiro atoms. The van der Waals surface area contributed by atoms with E-state index < -0.39 is 10.9 Å². The highest BCUT2D eigenvalue weighted by Crippen LogP contribution is 2.13. The lowest BCUT2D eigenvalue weighted by Crippen LogP contribution is -2.13. The Morgan fingerprint density at radius 1 is 1.31 bits per heavy atom. The van der Waals surface area contributed by atoms with Crippen molar-refractivity contribution < 1.29 is 23.9 Å². The molecule has 0 aromatic heterocycles. The number of allylic oxidation sites excluding steroid dienone is 4. The molecule has 138 valence electrons.